The van der Waals surface area contributed by atoms with E-state index in [1.165, 1.54) is 104 Å². The second-order valence-corrected chi connectivity index (χ2v) is 18.6. The quantitative estimate of drug-likeness (QED) is 0.149. The molecular formula is C70H44N2. The lowest BCUT2D eigenvalue weighted by molar-refractivity contribution is 1.25. The summed E-state index contributed by atoms with van der Waals surface area (Å²) in [6, 6.07) is 94.9. The van der Waals surface area contributed by atoms with Gasteiger partial charge in [-0.05, 0) is 139 Å². The van der Waals surface area contributed by atoms with Gasteiger partial charge in [0.25, 0.3) is 0 Å². The summed E-state index contributed by atoms with van der Waals surface area (Å²) >= 11 is 0. The van der Waals surface area contributed by atoms with Crippen LogP contribution in [0.25, 0.3) is 143 Å². The minimum atomic E-state index is 0.827. The lowest BCUT2D eigenvalue weighted by atomic mass is 9.83. The lowest BCUT2D eigenvalue weighted by Gasteiger charge is -2.21. The van der Waals surface area contributed by atoms with Crippen molar-refractivity contribution < 1.29 is 0 Å². The molecule has 2 heteroatoms. The molecule has 2 nitrogen and oxygen atoms in total. The van der Waals surface area contributed by atoms with Crippen LogP contribution in [0.1, 0.15) is 0 Å². The fourth-order valence-corrected chi connectivity index (χ4v) is 11.7. The molecule has 0 saturated carbocycles. The Labute approximate surface area is 417 Å². The molecule has 2 heterocycles. The maximum absolute atomic E-state index is 5.63. The van der Waals surface area contributed by atoms with E-state index in [9.17, 15) is 0 Å². The molecule has 0 bridgehead atoms. The Morgan fingerprint density at radius 2 is 0.514 bits per heavy atom. The van der Waals surface area contributed by atoms with E-state index in [1.54, 1.807) is 0 Å². The normalized spacial score (nSPS) is 11.6. The third-order valence-corrected chi connectivity index (χ3v) is 14.7. The molecule has 14 rings (SSSR count). The molecule has 14 aromatic rings. The van der Waals surface area contributed by atoms with Crippen LogP contribution in [-0.4, -0.2) is 9.97 Å². The maximum Gasteiger partial charge on any atom is 0.0894 e. The Kier molecular flexibility index (Phi) is 9.89. The highest BCUT2D eigenvalue weighted by atomic mass is 14.8. The van der Waals surface area contributed by atoms with Crippen molar-refractivity contribution in [3.8, 4) is 78.3 Å². The first-order valence-electron chi connectivity index (χ1n) is 24.7. The summed E-state index contributed by atoms with van der Waals surface area (Å²) < 4.78 is 0. The molecule has 0 saturated heterocycles. The van der Waals surface area contributed by atoms with Crippen molar-refractivity contribution in [1.29, 1.82) is 0 Å². The van der Waals surface area contributed by atoms with Gasteiger partial charge in [-0.15, -0.1) is 0 Å². The summed E-state index contributed by atoms with van der Waals surface area (Å²) in [6.45, 7) is 0. The Morgan fingerprint density at radius 3 is 0.931 bits per heavy atom. The minimum Gasteiger partial charge on any atom is -0.255 e. The zero-order chi connectivity index (χ0) is 47.5. The van der Waals surface area contributed by atoms with Gasteiger partial charge in [-0.25, -0.2) is 4.98 Å². The van der Waals surface area contributed by atoms with Crippen LogP contribution in [0.15, 0.2) is 267 Å². The molecule has 0 atom stereocenters. The highest BCUT2D eigenvalue weighted by Crippen LogP contribution is 2.50. The molecule has 0 unspecified atom stereocenters. The predicted octanol–water partition coefficient (Wildman–Crippen LogP) is 19.1. The number of hydrogen-bond donors (Lipinski definition) is 0. The molecule has 12 aromatic carbocycles. The summed E-state index contributed by atoms with van der Waals surface area (Å²) in [5, 5.41) is 14.5. The molecule has 334 valence electrons. The number of pyridine rings is 2. The van der Waals surface area contributed by atoms with Crippen molar-refractivity contribution >= 4 is 64.6 Å². The van der Waals surface area contributed by atoms with Gasteiger partial charge < -0.3 is 0 Å². The summed E-state index contributed by atoms with van der Waals surface area (Å²) in [5.41, 5.74) is 15.7. The van der Waals surface area contributed by atoms with Crippen LogP contribution in [0.2, 0.25) is 0 Å². The third kappa shape index (κ3) is 6.65. The molecule has 0 spiro atoms. The fraction of sp³-hybridized carbons (Fsp3) is 0. The zero-order valence-corrected chi connectivity index (χ0v) is 39.3. The van der Waals surface area contributed by atoms with Crippen molar-refractivity contribution in [1.82, 2.24) is 9.97 Å². The Hall–Kier alpha value is -9.50. The van der Waals surface area contributed by atoms with E-state index in [-0.39, 0.29) is 0 Å². The number of rotatable bonds is 7. The average molecular weight is 913 g/mol. The van der Waals surface area contributed by atoms with Gasteiger partial charge in [-0.3, -0.25) is 4.98 Å². The van der Waals surface area contributed by atoms with E-state index in [1.807, 2.05) is 24.4 Å². The molecule has 0 radical (unpaired) electrons. The van der Waals surface area contributed by atoms with Gasteiger partial charge in [-0.1, -0.05) is 237 Å². The van der Waals surface area contributed by atoms with E-state index < -0.39 is 0 Å². The first-order valence-corrected chi connectivity index (χ1v) is 24.7. The number of benzene rings is 12. The molecular weight excluding hydrogens is 869 g/mol. The first kappa shape index (κ1) is 41.5. The van der Waals surface area contributed by atoms with Crippen LogP contribution < -0.4 is 0 Å². The first-order chi connectivity index (χ1) is 35.8. The van der Waals surface area contributed by atoms with Gasteiger partial charge in [0.2, 0.25) is 0 Å². The molecule has 0 amide bonds. The molecule has 0 aliphatic carbocycles. The highest BCUT2D eigenvalue weighted by Gasteiger charge is 2.23. The lowest BCUT2D eigenvalue weighted by Crippen LogP contribution is -1.97. The number of fused-ring (bicyclic) bond motifs is 6. The Balaban J connectivity index is 1.01. The van der Waals surface area contributed by atoms with Gasteiger partial charge in [0.05, 0.1) is 17.1 Å². The molecule has 2 aromatic heterocycles. The number of hydrogen-bond acceptors (Lipinski definition) is 2. The van der Waals surface area contributed by atoms with Crippen LogP contribution in [0.4, 0.5) is 0 Å². The zero-order valence-electron chi connectivity index (χ0n) is 39.3. The monoisotopic (exact) mass is 912 g/mol. The second kappa shape index (κ2) is 17.2. The fourth-order valence-electron chi connectivity index (χ4n) is 11.7. The molecule has 0 aliphatic heterocycles. The van der Waals surface area contributed by atoms with E-state index in [0.29, 0.717) is 0 Å². The largest absolute Gasteiger partial charge is 0.255 e. The smallest absolute Gasteiger partial charge is 0.0894 e. The van der Waals surface area contributed by atoms with Gasteiger partial charge in [-0.2, -0.15) is 0 Å². The van der Waals surface area contributed by atoms with E-state index in [0.717, 1.165) is 39.2 Å². The summed E-state index contributed by atoms with van der Waals surface area (Å²) in [6.07, 6.45) is 1.85. The summed E-state index contributed by atoms with van der Waals surface area (Å²) in [5.74, 6) is 0. The van der Waals surface area contributed by atoms with Crippen LogP contribution >= 0.6 is 0 Å². The molecule has 0 aliphatic rings. The van der Waals surface area contributed by atoms with E-state index in [4.69, 9.17) is 9.97 Å². The Morgan fingerprint density at radius 1 is 0.194 bits per heavy atom. The van der Waals surface area contributed by atoms with Crippen LogP contribution in [0.3, 0.4) is 0 Å². The van der Waals surface area contributed by atoms with E-state index >= 15 is 0 Å². The maximum atomic E-state index is 5.63. The SMILES string of the molecule is c1ccc(-c2c3ccccc3c(-c3ccc(-c4ccc(-c5ccccn5)nc4-c4ccc(-c5c6ccccc6c(-c6ccccc6)c6ccccc56)c5ccccc45)c4ccccc34)c3ccccc23)cc1. The van der Waals surface area contributed by atoms with Crippen molar-refractivity contribution in [3.05, 3.63) is 267 Å². The third-order valence-electron chi connectivity index (χ3n) is 14.7. The summed E-state index contributed by atoms with van der Waals surface area (Å²) in [4.78, 5) is 10.4. The van der Waals surface area contributed by atoms with Crippen molar-refractivity contribution in [2.75, 3.05) is 0 Å². The topological polar surface area (TPSA) is 25.8 Å². The Bertz CT molecular complexity index is 4310. The minimum absolute atomic E-state index is 0.827. The van der Waals surface area contributed by atoms with E-state index in [2.05, 4.69) is 243 Å². The number of nitrogens with zero attached hydrogens (tertiary/aromatic N) is 2. The average Bonchev–Trinajstić information content (AvgIpc) is 3.46. The number of aromatic nitrogens is 2. The summed E-state index contributed by atoms with van der Waals surface area (Å²) in [7, 11) is 0. The van der Waals surface area contributed by atoms with Gasteiger partial charge in [0.15, 0.2) is 0 Å². The van der Waals surface area contributed by atoms with Crippen molar-refractivity contribution in [3.63, 3.8) is 0 Å². The van der Waals surface area contributed by atoms with Crippen molar-refractivity contribution in [2.24, 2.45) is 0 Å². The standard InChI is InChI=1S/C70H44N2/c1-3-21-45(22-4-1)66-52-29-11-15-33-56(52)68(57-34-16-12-30-53(57)66)60-39-38-51(47-25-7-8-26-48(47)60)63-42-43-65(64-37-19-20-44-71-64)72-70(63)62-41-40-61(49-27-9-10-28-50(49)62)69-58-35-17-13-31-54(58)67(46-23-5-2-6-24-46)55-32-14-18-36-59(55)69/h1-44H. The highest BCUT2D eigenvalue weighted by molar-refractivity contribution is 6.26. The molecule has 0 N–H and O–H groups in total. The molecule has 72 heavy (non-hydrogen) atoms. The van der Waals surface area contributed by atoms with Crippen molar-refractivity contribution in [2.45, 2.75) is 0 Å². The van der Waals surface area contributed by atoms with Crippen LogP contribution in [0, 0.1) is 0 Å². The van der Waals surface area contributed by atoms with Gasteiger partial charge in [0, 0.05) is 17.3 Å². The van der Waals surface area contributed by atoms with Crippen LogP contribution in [0.5, 0.6) is 0 Å². The van der Waals surface area contributed by atoms with Crippen LogP contribution in [-0.2, 0) is 0 Å². The van der Waals surface area contributed by atoms with Gasteiger partial charge in [0.1, 0.15) is 0 Å². The molecule has 0 fully saturated rings. The second-order valence-electron chi connectivity index (χ2n) is 18.6. The predicted molar refractivity (Wildman–Crippen MR) is 305 cm³/mol. The van der Waals surface area contributed by atoms with Gasteiger partial charge >= 0.3 is 0 Å².